The Morgan fingerprint density at radius 1 is 1.44 bits per heavy atom. The molecule has 0 bridgehead atoms. The molecule has 0 spiro atoms. The second-order valence-corrected chi connectivity index (χ2v) is 5.27. The Hall–Kier alpha value is -0.420. The summed E-state index contributed by atoms with van der Waals surface area (Å²) in [5, 5.41) is 4.24. The van der Waals surface area contributed by atoms with Crippen LogP contribution >= 0.6 is 11.3 Å². The average molecular weight is 240 g/mol. The molecule has 0 aromatic carbocycles. The Balaban J connectivity index is 2.23. The lowest BCUT2D eigenvalue weighted by molar-refractivity contribution is -0.0687. The number of nitrogens with one attached hydrogen (secondary N) is 1. The Bertz CT molecular complexity index is 307. The second-order valence-electron chi connectivity index (χ2n) is 4.49. The molecule has 0 aliphatic heterocycles. The molecule has 0 radical (unpaired) electrons. The molecule has 1 saturated carbocycles. The molecule has 16 heavy (non-hydrogen) atoms. The van der Waals surface area contributed by atoms with Crippen molar-refractivity contribution in [1.82, 2.24) is 5.43 Å². The molecule has 90 valence electrons. The maximum Gasteiger partial charge on any atom is 0.0885 e. The van der Waals surface area contributed by atoms with E-state index in [1.807, 2.05) is 7.11 Å². The summed E-state index contributed by atoms with van der Waals surface area (Å²) < 4.78 is 5.82. The van der Waals surface area contributed by atoms with E-state index in [4.69, 9.17) is 10.6 Å². The number of hydrogen-bond donors (Lipinski definition) is 2. The monoisotopic (exact) mass is 240 g/mol. The molecule has 3 N–H and O–H groups in total. The van der Waals surface area contributed by atoms with Gasteiger partial charge in [-0.15, -0.1) is 0 Å². The molecule has 0 amide bonds. The Morgan fingerprint density at radius 2 is 2.19 bits per heavy atom. The molecule has 1 heterocycles. The van der Waals surface area contributed by atoms with Crippen molar-refractivity contribution in [3.05, 3.63) is 22.4 Å². The Kier molecular flexibility index (Phi) is 3.97. The van der Waals surface area contributed by atoms with Gasteiger partial charge in [-0.1, -0.05) is 19.3 Å². The summed E-state index contributed by atoms with van der Waals surface area (Å²) in [6.45, 7) is 0. The lowest BCUT2D eigenvalue weighted by atomic mass is 9.77. The van der Waals surface area contributed by atoms with Crippen LogP contribution in [0.2, 0.25) is 0 Å². The number of hydrogen-bond acceptors (Lipinski definition) is 4. The van der Waals surface area contributed by atoms with Crippen molar-refractivity contribution in [1.29, 1.82) is 0 Å². The molecule has 1 aromatic heterocycles. The summed E-state index contributed by atoms with van der Waals surface area (Å²) in [6, 6.07) is 2.24. The second kappa shape index (κ2) is 5.27. The number of rotatable bonds is 4. The fourth-order valence-corrected chi connectivity index (χ4v) is 3.44. The smallest absolute Gasteiger partial charge is 0.0885 e. The van der Waals surface area contributed by atoms with E-state index in [0.29, 0.717) is 0 Å². The maximum absolute atomic E-state index is 5.82. The molecule has 0 saturated heterocycles. The van der Waals surface area contributed by atoms with Gasteiger partial charge in [-0.25, -0.2) is 0 Å². The summed E-state index contributed by atoms with van der Waals surface area (Å²) >= 11 is 1.71. The van der Waals surface area contributed by atoms with E-state index in [2.05, 4.69) is 22.3 Å². The van der Waals surface area contributed by atoms with Crippen LogP contribution in [-0.4, -0.2) is 12.7 Å². The normalized spacial score (nSPS) is 21.9. The van der Waals surface area contributed by atoms with Gasteiger partial charge in [0.25, 0.3) is 0 Å². The van der Waals surface area contributed by atoms with Crippen molar-refractivity contribution in [2.75, 3.05) is 7.11 Å². The molecule has 1 aliphatic carbocycles. The number of ether oxygens (including phenoxy) is 1. The molecule has 1 unspecified atom stereocenters. The quantitative estimate of drug-likeness (QED) is 0.628. The fourth-order valence-electron chi connectivity index (χ4n) is 2.75. The van der Waals surface area contributed by atoms with Crippen molar-refractivity contribution in [2.45, 2.75) is 43.7 Å². The van der Waals surface area contributed by atoms with E-state index < -0.39 is 0 Å². The summed E-state index contributed by atoms with van der Waals surface area (Å²) in [7, 11) is 1.81. The van der Waals surface area contributed by atoms with Crippen molar-refractivity contribution in [2.24, 2.45) is 5.84 Å². The fraction of sp³-hybridized carbons (Fsp3) is 0.667. The van der Waals surface area contributed by atoms with Crippen LogP contribution in [0.1, 0.15) is 43.7 Å². The first-order valence-electron chi connectivity index (χ1n) is 5.86. The van der Waals surface area contributed by atoms with Gasteiger partial charge >= 0.3 is 0 Å². The Morgan fingerprint density at radius 3 is 2.69 bits per heavy atom. The van der Waals surface area contributed by atoms with E-state index in [0.717, 1.165) is 12.8 Å². The number of thiophene rings is 1. The molecule has 2 rings (SSSR count). The minimum Gasteiger partial charge on any atom is -0.376 e. The van der Waals surface area contributed by atoms with Crippen molar-refractivity contribution < 1.29 is 4.74 Å². The van der Waals surface area contributed by atoms with Crippen molar-refractivity contribution >= 4 is 11.3 Å². The van der Waals surface area contributed by atoms with Crippen LogP contribution in [0.3, 0.4) is 0 Å². The Labute approximate surface area is 101 Å². The summed E-state index contributed by atoms with van der Waals surface area (Å²) in [6.07, 6.45) is 5.96. The van der Waals surface area contributed by atoms with Crippen LogP contribution in [0.5, 0.6) is 0 Å². The van der Waals surface area contributed by atoms with Gasteiger partial charge < -0.3 is 4.74 Å². The predicted molar refractivity (Wildman–Crippen MR) is 67.2 cm³/mol. The summed E-state index contributed by atoms with van der Waals surface area (Å²) in [5.41, 5.74) is 4.08. The molecule has 1 aliphatic rings. The van der Waals surface area contributed by atoms with Gasteiger partial charge in [0.15, 0.2) is 0 Å². The van der Waals surface area contributed by atoms with Crippen LogP contribution < -0.4 is 11.3 Å². The molecular formula is C12H20N2OS. The molecule has 4 heteroatoms. The standard InChI is InChI=1S/C12H20N2OS/c1-15-12(6-3-2-4-7-12)11(14-13)10-5-8-16-9-10/h5,8-9,11,14H,2-4,6-7,13H2,1H3. The van der Waals surface area contributed by atoms with Crippen LogP contribution in [0.4, 0.5) is 0 Å². The average Bonchev–Trinajstić information content (AvgIpc) is 2.85. The van der Waals surface area contributed by atoms with Crippen molar-refractivity contribution in [3.63, 3.8) is 0 Å². The minimum absolute atomic E-state index is 0.115. The van der Waals surface area contributed by atoms with Gasteiger partial charge in [0.1, 0.15) is 0 Å². The molecular weight excluding hydrogens is 220 g/mol. The highest BCUT2D eigenvalue weighted by Crippen LogP contribution is 2.41. The highest BCUT2D eigenvalue weighted by molar-refractivity contribution is 7.07. The zero-order valence-corrected chi connectivity index (χ0v) is 10.6. The van der Waals surface area contributed by atoms with E-state index in [9.17, 15) is 0 Å². The van der Waals surface area contributed by atoms with E-state index in [-0.39, 0.29) is 11.6 Å². The summed E-state index contributed by atoms with van der Waals surface area (Å²) in [5.74, 6) is 5.73. The highest BCUT2D eigenvalue weighted by atomic mass is 32.1. The van der Waals surface area contributed by atoms with Crippen LogP contribution in [-0.2, 0) is 4.74 Å². The van der Waals surface area contributed by atoms with E-state index in [1.165, 1.54) is 24.8 Å². The van der Waals surface area contributed by atoms with E-state index in [1.54, 1.807) is 11.3 Å². The number of nitrogens with two attached hydrogens (primary N) is 1. The topological polar surface area (TPSA) is 47.3 Å². The first kappa shape index (κ1) is 12.0. The maximum atomic E-state index is 5.82. The SMILES string of the molecule is COC1(C(NN)c2ccsc2)CCCCC1. The van der Waals surface area contributed by atoms with Gasteiger partial charge in [-0.05, 0) is 35.2 Å². The first-order valence-corrected chi connectivity index (χ1v) is 6.80. The first-order chi connectivity index (χ1) is 7.82. The minimum atomic E-state index is -0.117. The molecule has 1 atom stereocenters. The molecule has 1 fully saturated rings. The van der Waals surface area contributed by atoms with Gasteiger partial charge in [-0.3, -0.25) is 11.3 Å². The van der Waals surface area contributed by atoms with Crippen molar-refractivity contribution in [3.8, 4) is 0 Å². The largest absolute Gasteiger partial charge is 0.376 e. The highest BCUT2D eigenvalue weighted by Gasteiger charge is 2.40. The molecule has 3 nitrogen and oxygen atoms in total. The zero-order chi connectivity index (χ0) is 11.4. The van der Waals surface area contributed by atoms with Gasteiger partial charge in [0.2, 0.25) is 0 Å². The van der Waals surface area contributed by atoms with E-state index >= 15 is 0 Å². The zero-order valence-electron chi connectivity index (χ0n) is 9.74. The van der Waals surface area contributed by atoms with Gasteiger partial charge in [0, 0.05) is 7.11 Å². The van der Waals surface area contributed by atoms with Gasteiger partial charge in [-0.2, -0.15) is 11.3 Å². The van der Waals surface area contributed by atoms with Gasteiger partial charge in [0.05, 0.1) is 11.6 Å². The number of methoxy groups -OCH3 is 1. The number of hydrazine groups is 1. The lowest BCUT2D eigenvalue weighted by Gasteiger charge is -2.42. The van der Waals surface area contributed by atoms with Crippen LogP contribution in [0, 0.1) is 0 Å². The molecule has 1 aromatic rings. The third kappa shape index (κ3) is 2.15. The van der Waals surface area contributed by atoms with Crippen LogP contribution in [0.25, 0.3) is 0 Å². The third-order valence-corrected chi connectivity index (χ3v) is 4.38. The summed E-state index contributed by atoms with van der Waals surface area (Å²) in [4.78, 5) is 0. The van der Waals surface area contributed by atoms with Crippen LogP contribution in [0.15, 0.2) is 16.8 Å². The lowest BCUT2D eigenvalue weighted by Crippen LogP contribution is -2.49. The predicted octanol–water partition coefficient (Wildman–Crippen LogP) is 2.60. The third-order valence-electron chi connectivity index (χ3n) is 3.68.